The molecule has 0 radical (unpaired) electrons. The summed E-state index contributed by atoms with van der Waals surface area (Å²) in [5.41, 5.74) is 1.60. The summed E-state index contributed by atoms with van der Waals surface area (Å²) in [6.45, 7) is 1.93. The van der Waals surface area contributed by atoms with Gasteiger partial charge in [0.25, 0.3) is 5.91 Å². The lowest BCUT2D eigenvalue weighted by atomic mass is 10.1. The molecule has 0 heterocycles. The zero-order valence-electron chi connectivity index (χ0n) is 10.6. The summed E-state index contributed by atoms with van der Waals surface area (Å²) in [5, 5.41) is 11.9. The molecule has 0 aromatic heterocycles. The van der Waals surface area contributed by atoms with E-state index in [2.05, 4.69) is 21.2 Å². The first-order chi connectivity index (χ1) is 8.99. The Labute approximate surface area is 120 Å². The summed E-state index contributed by atoms with van der Waals surface area (Å²) in [6, 6.07) is 5.48. The highest BCUT2D eigenvalue weighted by molar-refractivity contribution is 9.10. The monoisotopic (exact) mass is 325 g/mol. The number of carbonyl (C=O) groups is 2. The van der Waals surface area contributed by atoms with Crippen molar-refractivity contribution in [1.29, 1.82) is 0 Å². The second-order valence-corrected chi connectivity index (χ2v) is 5.75. The zero-order chi connectivity index (χ0) is 14.0. The average molecular weight is 326 g/mol. The van der Waals surface area contributed by atoms with Crippen LogP contribution in [0.5, 0.6) is 0 Å². The molecule has 102 valence electrons. The van der Waals surface area contributed by atoms with Gasteiger partial charge in [0.1, 0.15) is 0 Å². The van der Waals surface area contributed by atoms with Gasteiger partial charge in [-0.25, -0.2) is 0 Å². The molecule has 2 rings (SSSR count). The van der Waals surface area contributed by atoms with E-state index >= 15 is 0 Å². The van der Waals surface area contributed by atoms with Crippen LogP contribution in [0.25, 0.3) is 0 Å². The van der Waals surface area contributed by atoms with Crippen LogP contribution in [0.3, 0.4) is 0 Å². The van der Waals surface area contributed by atoms with Crippen LogP contribution in [0, 0.1) is 12.8 Å². The molecule has 2 N–H and O–H groups in total. The van der Waals surface area contributed by atoms with Crippen molar-refractivity contribution in [2.75, 3.05) is 0 Å². The molecule has 1 aliphatic carbocycles. The molecule has 0 aliphatic heterocycles. The third-order valence-corrected chi connectivity index (χ3v) is 4.61. The van der Waals surface area contributed by atoms with Crippen LogP contribution >= 0.6 is 15.9 Å². The van der Waals surface area contributed by atoms with Gasteiger partial charge in [-0.15, -0.1) is 0 Å². The van der Waals surface area contributed by atoms with E-state index in [1.54, 1.807) is 6.07 Å². The molecule has 0 bridgehead atoms. The lowest BCUT2D eigenvalue weighted by Gasteiger charge is -2.14. The van der Waals surface area contributed by atoms with Crippen molar-refractivity contribution in [2.45, 2.75) is 32.2 Å². The van der Waals surface area contributed by atoms with E-state index < -0.39 is 5.97 Å². The maximum absolute atomic E-state index is 12.2. The zero-order valence-corrected chi connectivity index (χ0v) is 12.2. The molecule has 2 atom stereocenters. The van der Waals surface area contributed by atoms with Gasteiger partial charge in [0.15, 0.2) is 0 Å². The highest BCUT2D eigenvalue weighted by Gasteiger charge is 2.30. The van der Waals surface area contributed by atoms with E-state index in [0.29, 0.717) is 18.4 Å². The Morgan fingerprint density at radius 2 is 2.11 bits per heavy atom. The molecule has 1 aromatic carbocycles. The van der Waals surface area contributed by atoms with Gasteiger partial charge >= 0.3 is 5.97 Å². The fourth-order valence-corrected chi connectivity index (χ4v) is 2.87. The summed E-state index contributed by atoms with van der Waals surface area (Å²) in [5.74, 6) is -1.24. The number of nitrogens with one attached hydrogen (secondary N) is 1. The average Bonchev–Trinajstić information content (AvgIpc) is 2.81. The molecule has 4 nitrogen and oxygen atoms in total. The number of aliphatic carboxylic acids is 1. The van der Waals surface area contributed by atoms with Crippen molar-refractivity contribution in [2.24, 2.45) is 5.92 Å². The Hall–Kier alpha value is -1.36. The molecule has 1 fully saturated rings. The largest absolute Gasteiger partial charge is 0.481 e. The topological polar surface area (TPSA) is 66.4 Å². The molecule has 1 saturated carbocycles. The highest BCUT2D eigenvalue weighted by Crippen LogP contribution is 2.27. The summed E-state index contributed by atoms with van der Waals surface area (Å²) in [4.78, 5) is 23.0. The van der Waals surface area contributed by atoms with Crippen LogP contribution in [0.15, 0.2) is 22.7 Å². The van der Waals surface area contributed by atoms with E-state index in [4.69, 9.17) is 5.11 Å². The van der Waals surface area contributed by atoms with Gasteiger partial charge in [-0.05, 0) is 53.7 Å². The number of benzene rings is 1. The van der Waals surface area contributed by atoms with Gasteiger partial charge in [-0.1, -0.05) is 12.1 Å². The number of hydrogen-bond donors (Lipinski definition) is 2. The van der Waals surface area contributed by atoms with Gasteiger partial charge < -0.3 is 10.4 Å². The quantitative estimate of drug-likeness (QED) is 0.897. The first kappa shape index (κ1) is 14.1. The number of hydrogen-bond acceptors (Lipinski definition) is 2. The van der Waals surface area contributed by atoms with Crippen LogP contribution in [0.4, 0.5) is 0 Å². The lowest BCUT2D eigenvalue weighted by Crippen LogP contribution is -2.33. The number of carboxylic acids is 1. The lowest BCUT2D eigenvalue weighted by molar-refractivity contribution is -0.141. The van der Waals surface area contributed by atoms with Gasteiger partial charge in [0.05, 0.1) is 11.5 Å². The molecule has 1 aliphatic rings. The van der Waals surface area contributed by atoms with E-state index in [1.807, 2.05) is 19.1 Å². The van der Waals surface area contributed by atoms with Gasteiger partial charge in [-0.2, -0.15) is 0 Å². The Morgan fingerprint density at radius 3 is 2.74 bits per heavy atom. The van der Waals surface area contributed by atoms with E-state index in [9.17, 15) is 9.59 Å². The maximum Gasteiger partial charge on any atom is 0.306 e. The summed E-state index contributed by atoms with van der Waals surface area (Å²) >= 11 is 3.41. The van der Waals surface area contributed by atoms with Crippen LogP contribution < -0.4 is 5.32 Å². The Kier molecular flexibility index (Phi) is 4.24. The van der Waals surface area contributed by atoms with Crippen LogP contribution in [0.1, 0.15) is 35.2 Å². The van der Waals surface area contributed by atoms with Gasteiger partial charge in [0.2, 0.25) is 0 Å². The van der Waals surface area contributed by atoms with E-state index in [1.165, 1.54) is 0 Å². The van der Waals surface area contributed by atoms with Crippen molar-refractivity contribution < 1.29 is 14.7 Å². The van der Waals surface area contributed by atoms with Crippen molar-refractivity contribution in [3.8, 4) is 0 Å². The molecule has 5 heteroatoms. The van der Waals surface area contributed by atoms with Gasteiger partial charge in [-0.3, -0.25) is 9.59 Å². The fraction of sp³-hybridized carbons (Fsp3) is 0.429. The summed E-state index contributed by atoms with van der Waals surface area (Å²) in [6.07, 6.45) is 1.88. The molecule has 1 aromatic rings. The predicted molar refractivity (Wildman–Crippen MR) is 75.1 cm³/mol. The second-order valence-electron chi connectivity index (χ2n) is 4.96. The minimum Gasteiger partial charge on any atom is -0.481 e. The molecule has 0 saturated heterocycles. The number of carboxylic acid groups (broad SMARTS) is 1. The summed E-state index contributed by atoms with van der Waals surface area (Å²) in [7, 11) is 0. The molecule has 19 heavy (non-hydrogen) atoms. The minimum atomic E-state index is -0.770. The Morgan fingerprint density at radius 1 is 1.37 bits per heavy atom. The smallest absolute Gasteiger partial charge is 0.306 e. The molecular weight excluding hydrogens is 310 g/mol. The third kappa shape index (κ3) is 3.15. The highest BCUT2D eigenvalue weighted by atomic mass is 79.9. The first-order valence-electron chi connectivity index (χ1n) is 6.28. The Bertz CT molecular complexity index is 515. The van der Waals surface area contributed by atoms with Crippen molar-refractivity contribution in [3.05, 3.63) is 33.8 Å². The van der Waals surface area contributed by atoms with Crippen LogP contribution in [0.2, 0.25) is 0 Å². The number of rotatable bonds is 3. The van der Waals surface area contributed by atoms with Gasteiger partial charge in [0, 0.05) is 10.5 Å². The number of amides is 1. The number of halogens is 1. The van der Waals surface area contributed by atoms with E-state index in [0.717, 1.165) is 16.5 Å². The van der Waals surface area contributed by atoms with Crippen LogP contribution in [-0.2, 0) is 4.79 Å². The SMILES string of the molecule is Cc1cccc(C(=O)N[C@H]2CC[C@@H](C(=O)O)C2)c1Br. The van der Waals surface area contributed by atoms with Crippen molar-refractivity contribution in [1.82, 2.24) is 5.32 Å². The predicted octanol–water partition coefficient (Wildman–Crippen LogP) is 2.74. The second kappa shape index (κ2) is 5.74. The maximum atomic E-state index is 12.2. The summed E-state index contributed by atoms with van der Waals surface area (Å²) < 4.78 is 0.792. The first-order valence-corrected chi connectivity index (χ1v) is 7.07. The minimum absolute atomic E-state index is 0.0407. The molecular formula is C14H16BrNO3. The third-order valence-electron chi connectivity index (χ3n) is 3.55. The van der Waals surface area contributed by atoms with E-state index in [-0.39, 0.29) is 17.9 Å². The van der Waals surface area contributed by atoms with Crippen LogP contribution in [-0.4, -0.2) is 23.0 Å². The molecule has 1 amide bonds. The Balaban J connectivity index is 2.02. The van der Waals surface area contributed by atoms with Crippen molar-refractivity contribution >= 4 is 27.8 Å². The fourth-order valence-electron chi connectivity index (χ4n) is 2.42. The normalized spacial score (nSPS) is 22.2. The standard InChI is InChI=1S/C14H16BrNO3/c1-8-3-2-4-11(12(8)15)13(17)16-10-6-5-9(7-10)14(18)19/h2-4,9-10H,5-7H2,1H3,(H,16,17)(H,18,19)/t9-,10+/m1/s1. The number of carbonyl (C=O) groups excluding carboxylic acids is 1. The number of aryl methyl sites for hydroxylation is 1. The molecule has 0 unspecified atom stereocenters. The van der Waals surface area contributed by atoms with Crippen molar-refractivity contribution in [3.63, 3.8) is 0 Å². The molecule has 0 spiro atoms.